The highest BCUT2D eigenvalue weighted by atomic mass is 15.0. The predicted octanol–water partition coefficient (Wildman–Crippen LogP) is 12.4. The molecule has 10 aromatic rings. The standard InChI is InChI=1S/C46H30N2/c1-2-12-37(13-3-1)48-43-16-8-6-14-39(43)41-26-22-36(30-46(41)48)35-23-27-45-42(29-35)40-15-7-9-17-44(40)47(45)38-24-20-32(21-25-38)34-19-18-31-10-4-5-11-33(31)28-34/h1-30H. The molecular formula is C46H30N2. The summed E-state index contributed by atoms with van der Waals surface area (Å²) in [7, 11) is 0. The lowest BCUT2D eigenvalue weighted by Gasteiger charge is -2.11. The molecule has 0 atom stereocenters. The maximum Gasteiger partial charge on any atom is 0.0547 e. The third-order valence-corrected chi connectivity index (χ3v) is 9.90. The van der Waals surface area contributed by atoms with Crippen LogP contribution in [-0.4, -0.2) is 9.13 Å². The molecule has 0 aliphatic rings. The summed E-state index contributed by atoms with van der Waals surface area (Å²) in [6.45, 7) is 0. The van der Waals surface area contributed by atoms with Crippen LogP contribution in [0.3, 0.4) is 0 Å². The van der Waals surface area contributed by atoms with Crippen LogP contribution in [0.5, 0.6) is 0 Å². The number of rotatable bonds is 4. The minimum Gasteiger partial charge on any atom is -0.309 e. The Kier molecular flexibility index (Phi) is 5.91. The van der Waals surface area contributed by atoms with Crippen LogP contribution in [0.25, 0.3) is 88.0 Å². The summed E-state index contributed by atoms with van der Waals surface area (Å²) in [5, 5.41) is 7.58. The minimum absolute atomic E-state index is 1.16. The van der Waals surface area contributed by atoms with E-state index in [2.05, 4.69) is 191 Å². The summed E-state index contributed by atoms with van der Waals surface area (Å²) in [4.78, 5) is 0. The number of hydrogen-bond acceptors (Lipinski definition) is 0. The second kappa shape index (κ2) is 10.6. The zero-order chi connectivity index (χ0) is 31.6. The lowest BCUT2D eigenvalue weighted by Crippen LogP contribution is -1.94. The number of para-hydroxylation sites is 3. The fraction of sp³-hybridized carbons (Fsp3) is 0. The largest absolute Gasteiger partial charge is 0.309 e. The Morgan fingerprint density at radius 1 is 0.250 bits per heavy atom. The monoisotopic (exact) mass is 610 g/mol. The number of aromatic nitrogens is 2. The van der Waals surface area contributed by atoms with Gasteiger partial charge in [-0.05, 0) is 93.7 Å². The van der Waals surface area contributed by atoms with E-state index in [9.17, 15) is 0 Å². The second-order valence-electron chi connectivity index (χ2n) is 12.6. The molecule has 0 aliphatic heterocycles. The number of fused-ring (bicyclic) bond motifs is 7. The fourth-order valence-corrected chi connectivity index (χ4v) is 7.61. The normalized spacial score (nSPS) is 11.8. The lowest BCUT2D eigenvalue weighted by molar-refractivity contribution is 1.18. The van der Waals surface area contributed by atoms with Gasteiger partial charge in [-0.25, -0.2) is 0 Å². The van der Waals surface area contributed by atoms with E-state index in [1.807, 2.05) is 0 Å². The Labute approximate surface area is 278 Å². The van der Waals surface area contributed by atoms with Crippen molar-refractivity contribution in [2.24, 2.45) is 0 Å². The Hall–Kier alpha value is -6.38. The van der Waals surface area contributed by atoms with Crippen molar-refractivity contribution in [3.05, 3.63) is 182 Å². The molecule has 0 saturated carbocycles. The Balaban J connectivity index is 1.10. The van der Waals surface area contributed by atoms with Crippen LogP contribution in [0.1, 0.15) is 0 Å². The summed E-state index contributed by atoms with van der Waals surface area (Å²) in [6, 6.07) is 66.2. The van der Waals surface area contributed by atoms with Crippen LogP contribution in [0.15, 0.2) is 182 Å². The Bertz CT molecular complexity index is 2820. The first-order valence-electron chi connectivity index (χ1n) is 16.5. The molecule has 0 bridgehead atoms. The topological polar surface area (TPSA) is 9.86 Å². The zero-order valence-electron chi connectivity index (χ0n) is 26.2. The number of nitrogens with zero attached hydrogens (tertiary/aromatic N) is 2. The maximum absolute atomic E-state index is 2.40. The fourth-order valence-electron chi connectivity index (χ4n) is 7.61. The van der Waals surface area contributed by atoms with Gasteiger partial charge in [-0.15, -0.1) is 0 Å². The highest BCUT2D eigenvalue weighted by Crippen LogP contribution is 2.38. The van der Waals surface area contributed by atoms with Crippen LogP contribution < -0.4 is 0 Å². The summed E-state index contributed by atoms with van der Waals surface area (Å²) in [6.07, 6.45) is 0. The Morgan fingerprint density at radius 2 is 0.750 bits per heavy atom. The first-order valence-corrected chi connectivity index (χ1v) is 16.5. The van der Waals surface area contributed by atoms with Crippen LogP contribution in [0.2, 0.25) is 0 Å². The molecule has 2 nitrogen and oxygen atoms in total. The van der Waals surface area contributed by atoms with Crippen molar-refractivity contribution in [3.8, 4) is 33.6 Å². The van der Waals surface area contributed by atoms with Crippen molar-refractivity contribution in [1.82, 2.24) is 9.13 Å². The predicted molar refractivity (Wildman–Crippen MR) is 203 cm³/mol. The third-order valence-electron chi connectivity index (χ3n) is 9.90. The van der Waals surface area contributed by atoms with Gasteiger partial charge >= 0.3 is 0 Å². The molecule has 2 heteroatoms. The lowest BCUT2D eigenvalue weighted by atomic mass is 10.0. The van der Waals surface area contributed by atoms with E-state index in [-0.39, 0.29) is 0 Å². The van der Waals surface area contributed by atoms with E-state index in [1.54, 1.807) is 0 Å². The van der Waals surface area contributed by atoms with E-state index in [0.717, 1.165) is 5.69 Å². The van der Waals surface area contributed by atoms with Gasteiger partial charge in [-0.2, -0.15) is 0 Å². The van der Waals surface area contributed by atoms with Gasteiger partial charge in [0.25, 0.3) is 0 Å². The van der Waals surface area contributed by atoms with Crippen molar-refractivity contribution in [3.63, 3.8) is 0 Å². The molecule has 0 saturated heterocycles. The number of hydrogen-bond donors (Lipinski definition) is 0. The second-order valence-corrected chi connectivity index (χ2v) is 12.6. The average molecular weight is 611 g/mol. The molecule has 10 rings (SSSR count). The summed E-state index contributed by atoms with van der Waals surface area (Å²) in [5.74, 6) is 0. The van der Waals surface area contributed by atoms with Crippen LogP contribution in [-0.2, 0) is 0 Å². The van der Waals surface area contributed by atoms with Crippen LogP contribution in [0, 0.1) is 0 Å². The van der Waals surface area contributed by atoms with Gasteiger partial charge in [-0.1, -0.05) is 121 Å². The van der Waals surface area contributed by atoms with Gasteiger partial charge in [0.15, 0.2) is 0 Å². The van der Waals surface area contributed by atoms with Crippen molar-refractivity contribution < 1.29 is 0 Å². The molecule has 0 fully saturated rings. The van der Waals surface area contributed by atoms with Crippen molar-refractivity contribution in [2.75, 3.05) is 0 Å². The quantitative estimate of drug-likeness (QED) is 0.188. The first-order chi connectivity index (χ1) is 23.8. The van der Waals surface area contributed by atoms with Gasteiger partial charge in [0.1, 0.15) is 0 Å². The molecule has 224 valence electrons. The van der Waals surface area contributed by atoms with Gasteiger partial charge in [0.05, 0.1) is 22.1 Å². The molecule has 0 radical (unpaired) electrons. The Morgan fingerprint density at radius 3 is 1.54 bits per heavy atom. The van der Waals surface area contributed by atoms with E-state index in [1.165, 1.54) is 82.3 Å². The van der Waals surface area contributed by atoms with Crippen molar-refractivity contribution in [2.45, 2.75) is 0 Å². The van der Waals surface area contributed by atoms with Gasteiger partial charge in [0.2, 0.25) is 0 Å². The van der Waals surface area contributed by atoms with Crippen molar-refractivity contribution >= 4 is 54.4 Å². The highest BCUT2D eigenvalue weighted by molar-refractivity contribution is 6.12. The van der Waals surface area contributed by atoms with Gasteiger partial charge in [0, 0.05) is 32.9 Å². The molecule has 2 aromatic heterocycles. The molecule has 8 aromatic carbocycles. The third kappa shape index (κ3) is 4.13. The molecule has 48 heavy (non-hydrogen) atoms. The van der Waals surface area contributed by atoms with E-state index in [4.69, 9.17) is 0 Å². The molecule has 0 unspecified atom stereocenters. The summed E-state index contributed by atoms with van der Waals surface area (Å²) < 4.78 is 4.79. The SMILES string of the molecule is c1ccc(-n2c3ccccc3c3ccc(-c4ccc5c(c4)c4ccccc4n5-c4ccc(-c5ccc6ccccc6c5)cc4)cc32)cc1. The van der Waals surface area contributed by atoms with E-state index in [0.29, 0.717) is 0 Å². The molecule has 2 heterocycles. The highest BCUT2D eigenvalue weighted by Gasteiger charge is 2.16. The van der Waals surface area contributed by atoms with Crippen molar-refractivity contribution in [1.29, 1.82) is 0 Å². The number of benzene rings is 8. The smallest absolute Gasteiger partial charge is 0.0547 e. The van der Waals surface area contributed by atoms with E-state index >= 15 is 0 Å². The zero-order valence-corrected chi connectivity index (χ0v) is 26.2. The van der Waals surface area contributed by atoms with E-state index < -0.39 is 0 Å². The first kappa shape index (κ1) is 26.8. The van der Waals surface area contributed by atoms with Gasteiger partial charge < -0.3 is 9.13 Å². The summed E-state index contributed by atoms with van der Waals surface area (Å²) >= 11 is 0. The molecular weight excluding hydrogens is 581 g/mol. The minimum atomic E-state index is 1.16. The molecule has 0 N–H and O–H groups in total. The van der Waals surface area contributed by atoms with Gasteiger partial charge in [-0.3, -0.25) is 0 Å². The van der Waals surface area contributed by atoms with Crippen LogP contribution >= 0.6 is 0 Å². The maximum atomic E-state index is 2.40. The molecule has 0 aliphatic carbocycles. The molecule has 0 spiro atoms. The summed E-state index contributed by atoms with van der Waals surface area (Å²) in [5.41, 5.74) is 12.1. The average Bonchev–Trinajstić information content (AvgIpc) is 3.67. The molecule has 0 amide bonds. The van der Waals surface area contributed by atoms with Crippen LogP contribution in [0.4, 0.5) is 0 Å².